The number of amides is 2. The third-order valence-corrected chi connectivity index (χ3v) is 8.08. The second-order valence-electron chi connectivity index (χ2n) is 9.19. The molecule has 0 aliphatic carbocycles. The summed E-state index contributed by atoms with van der Waals surface area (Å²) < 4.78 is 39.4. The van der Waals surface area contributed by atoms with E-state index in [0.717, 1.165) is 22.7 Å². The molecule has 1 aliphatic heterocycles. The molecule has 206 valence electrons. The molecular weight excluding hydrogens is 518 g/mol. The molecule has 4 rings (SSSR count). The van der Waals surface area contributed by atoms with Crippen LogP contribution in [0, 0.1) is 6.92 Å². The molecule has 39 heavy (non-hydrogen) atoms. The first-order valence-electron chi connectivity index (χ1n) is 12.9. The number of hydrogen-bond acceptors (Lipinski definition) is 6. The number of aryl methyl sites for hydroxylation is 1. The summed E-state index contributed by atoms with van der Waals surface area (Å²) in [5.74, 6) is -0.395. The largest absolute Gasteiger partial charge is 0.494 e. The van der Waals surface area contributed by atoms with E-state index in [9.17, 15) is 18.0 Å². The second kappa shape index (κ2) is 12.8. The van der Waals surface area contributed by atoms with Crippen LogP contribution in [0.2, 0.25) is 0 Å². The van der Waals surface area contributed by atoms with Gasteiger partial charge in [-0.15, -0.1) is 0 Å². The summed E-state index contributed by atoms with van der Waals surface area (Å²) in [5, 5.41) is 5.58. The molecular formula is C29H33N3O6S. The van der Waals surface area contributed by atoms with Crippen LogP contribution in [0.3, 0.4) is 0 Å². The Kier molecular flexibility index (Phi) is 9.21. The lowest BCUT2D eigenvalue weighted by molar-refractivity contribution is -0.114. The molecule has 1 atom stereocenters. The van der Waals surface area contributed by atoms with Crippen LogP contribution in [0.15, 0.2) is 77.7 Å². The van der Waals surface area contributed by atoms with Crippen molar-refractivity contribution in [1.29, 1.82) is 0 Å². The summed E-state index contributed by atoms with van der Waals surface area (Å²) in [6.07, 6.45) is 1.83. The van der Waals surface area contributed by atoms with Gasteiger partial charge in [-0.2, -0.15) is 0 Å². The highest BCUT2D eigenvalue weighted by molar-refractivity contribution is 7.92. The highest BCUT2D eigenvalue weighted by Crippen LogP contribution is 2.26. The fraction of sp³-hybridized carbons (Fsp3) is 0.310. The Morgan fingerprint density at radius 1 is 1.03 bits per heavy atom. The summed E-state index contributed by atoms with van der Waals surface area (Å²) in [5.41, 5.74) is 1.85. The van der Waals surface area contributed by atoms with E-state index in [0.29, 0.717) is 31.2 Å². The fourth-order valence-electron chi connectivity index (χ4n) is 4.25. The molecule has 1 saturated heterocycles. The van der Waals surface area contributed by atoms with Crippen molar-refractivity contribution in [1.82, 2.24) is 5.32 Å². The Labute approximate surface area is 229 Å². The number of sulfonamides is 1. The van der Waals surface area contributed by atoms with Crippen LogP contribution in [-0.2, 0) is 19.6 Å². The molecule has 2 N–H and O–H groups in total. The molecule has 0 unspecified atom stereocenters. The Balaban J connectivity index is 1.54. The topological polar surface area (TPSA) is 114 Å². The van der Waals surface area contributed by atoms with Crippen molar-refractivity contribution in [2.24, 2.45) is 0 Å². The SMILES string of the molecule is CCOc1ccc(S(=O)(=O)N(CC(=O)Nc2ccccc2C(=O)NC[C@@H]2CCCO2)c2ccc(C)cc2)cc1. The van der Waals surface area contributed by atoms with E-state index < -0.39 is 22.5 Å². The van der Waals surface area contributed by atoms with Crippen LogP contribution in [0.25, 0.3) is 0 Å². The molecule has 0 bridgehead atoms. The lowest BCUT2D eigenvalue weighted by Gasteiger charge is -2.24. The zero-order valence-electron chi connectivity index (χ0n) is 22.1. The summed E-state index contributed by atoms with van der Waals surface area (Å²) in [6.45, 7) is 4.75. The van der Waals surface area contributed by atoms with Crippen LogP contribution in [0.1, 0.15) is 35.7 Å². The minimum atomic E-state index is -4.11. The van der Waals surface area contributed by atoms with Crippen LogP contribution in [-0.4, -0.2) is 52.6 Å². The van der Waals surface area contributed by atoms with Gasteiger partial charge in [-0.3, -0.25) is 13.9 Å². The molecule has 1 aliphatic rings. The summed E-state index contributed by atoms with van der Waals surface area (Å²) in [4.78, 5) is 26.1. The molecule has 3 aromatic carbocycles. The Hall–Kier alpha value is -3.89. The Morgan fingerprint density at radius 2 is 1.74 bits per heavy atom. The number of hydrogen-bond donors (Lipinski definition) is 2. The molecule has 0 spiro atoms. The quantitative estimate of drug-likeness (QED) is 0.370. The number of rotatable bonds is 11. The molecule has 1 fully saturated rings. The maximum Gasteiger partial charge on any atom is 0.264 e. The minimum absolute atomic E-state index is 0.0215. The number of nitrogens with one attached hydrogen (secondary N) is 2. The first-order valence-corrected chi connectivity index (χ1v) is 14.3. The third-order valence-electron chi connectivity index (χ3n) is 6.29. The van der Waals surface area contributed by atoms with Gasteiger partial charge in [0.2, 0.25) is 5.91 Å². The Bertz CT molecular complexity index is 1390. The van der Waals surface area contributed by atoms with E-state index in [4.69, 9.17) is 9.47 Å². The Morgan fingerprint density at radius 3 is 2.41 bits per heavy atom. The minimum Gasteiger partial charge on any atom is -0.494 e. The van der Waals surface area contributed by atoms with Crippen molar-refractivity contribution >= 4 is 33.2 Å². The second-order valence-corrected chi connectivity index (χ2v) is 11.1. The van der Waals surface area contributed by atoms with Crippen LogP contribution in [0.5, 0.6) is 5.75 Å². The monoisotopic (exact) mass is 551 g/mol. The van der Waals surface area contributed by atoms with Gasteiger partial charge in [0, 0.05) is 13.2 Å². The predicted octanol–water partition coefficient (Wildman–Crippen LogP) is 4.14. The predicted molar refractivity (Wildman–Crippen MR) is 150 cm³/mol. The summed E-state index contributed by atoms with van der Waals surface area (Å²) >= 11 is 0. The van der Waals surface area contributed by atoms with E-state index >= 15 is 0 Å². The highest BCUT2D eigenvalue weighted by atomic mass is 32.2. The molecule has 1 heterocycles. The molecule has 0 radical (unpaired) electrons. The van der Waals surface area contributed by atoms with Crippen molar-refractivity contribution in [2.75, 3.05) is 35.9 Å². The van der Waals surface area contributed by atoms with Gasteiger partial charge in [0.1, 0.15) is 12.3 Å². The highest BCUT2D eigenvalue weighted by Gasteiger charge is 2.28. The summed E-state index contributed by atoms with van der Waals surface area (Å²) in [6, 6.07) is 19.5. The normalized spacial score (nSPS) is 15.0. The molecule has 0 aromatic heterocycles. The van der Waals surface area contributed by atoms with E-state index in [1.807, 2.05) is 13.8 Å². The number of para-hydroxylation sites is 1. The number of anilines is 2. The van der Waals surface area contributed by atoms with Gasteiger partial charge in [-0.05, 0) is 75.2 Å². The van der Waals surface area contributed by atoms with Crippen molar-refractivity contribution in [3.63, 3.8) is 0 Å². The van der Waals surface area contributed by atoms with Gasteiger partial charge < -0.3 is 20.1 Å². The van der Waals surface area contributed by atoms with Gasteiger partial charge >= 0.3 is 0 Å². The van der Waals surface area contributed by atoms with E-state index in [-0.39, 0.29) is 28.2 Å². The number of carbonyl (C=O) groups excluding carboxylic acids is 2. The molecule has 0 saturated carbocycles. The smallest absolute Gasteiger partial charge is 0.264 e. The number of ether oxygens (including phenoxy) is 2. The average Bonchev–Trinajstić information content (AvgIpc) is 3.46. The van der Waals surface area contributed by atoms with Crippen molar-refractivity contribution < 1.29 is 27.5 Å². The number of carbonyl (C=O) groups is 2. The van der Waals surface area contributed by atoms with Crippen molar-refractivity contribution in [3.05, 3.63) is 83.9 Å². The molecule has 9 nitrogen and oxygen atoms in total. The molecule has 10 heteroatoms. The number of benzene rings is 3. The lowest BCUT2D eigenvalue weighted by atomic mass is 10.1. The zero-order chi connectivity index (χ0) is 27.8. The summed E-state index contributed by atoms with van der Waals surface area (Å²) in [7, 11) is -4.11. The van der Waals surface area contributed by atoms with Gasteiger partial charge in [0.05, 0.1) is 34.5 Å². The maximum atomic E-state index is 13.7. The zero-order valence-corrected chi connectivity index (χ0v) is 22.9. The van der Waals surface area contributed by atoms with Crippen LogP contribution < -0.4 is 19.7 Å². The third kappa shape index (κ3) is 7.15. The first kappa shape index (κ1) is 28.1. The lowest BCUT2D eigenvalue weighted by Crippen LogP contribution is -2.38. The van der Waals surface area contributed by atoms with Gasteiger partial charge in [0.15, 0.2) is 0 Å². The van der Waals surface area contributed by atoms with Crippen molar-refractivity contribution in [3.8, 4) is 5.75 Å². The van der Waals surface area contributed by atoms with Gasteiger partial charge in [-0.25, -0.2) is 8.42 Å². The van der Waals surface area contributed by atoms with E-state index in [1.165, 1.54) is 12.1 Å². The van der Waals surface area contributed by atoms with Gasteiger partial charge in [-0.1, -0.05) is 29.8 Å². The van der Waals surface area contributed by atoms with E-state index in [1.54, 1.807) is 60.7 Å². The first-order chi connectivity index (χ1) is 18.8. The van der Waals surface area contributed by atoms with Crippen LogP contribution >= 0.6 is 0 Å². The fourth-order valence-corrected chi connectivity index (χ4v) is 5.67. The van der Waals surface area contributed by atoms with Gasteiger partial charge in [0.25, 0.3) is 15.9 Å². The van der Waals surface area contributed by atoms with Crippen LogP contribution in [0.4, 0.5) is 11.4 Å². The molecule has 3 aromatic rings. The van der Waals surface area contributed by atoms with E-state index in [2.05, 4.69) is 10.6 Å². The number of nitrogens with zero attached hydrogens (tertiary/aromatic N) is 1. The average molecular weight is 552 g/mol. The standard InChI is InChI=1S/C29H33N3O6S/c1-3-37-23-14-16-25(17-15-23)39(35,36)32(22-12-10-21(2)11-13-22)20-28(33)31-27-9-5-4-8-26(27)29(34)30-19-24-7-6-18-38-24/h4-5,8-17,24H,3,6-7,18-20H2,1-2H3,(H,30,34)(H,31,33)/t24-/m0/s1. The van der Waals surface area contributed by atoms with Crippen molar-refractivity contribution in [2.45, 2.75) is 37.7 Å². The molecule has 2 amide bonds. The maximum absolute atomic E-state index is 13.7.